The minimum Gasteiger partial charge on any atom is -0.480 e. The van der Waals surface area contributed by atoms with Crippen LogP contribution in [0.1, 0.15) is 33.6 Å². The van der Waals surface area contributed by atoms with Crippen LogP contribution >= 0.6 is 0 Å². The fourth-order valence-electron chi connectivity index (χ4n) is 1.72. The fourth-order valence-corrected chi connectivity index (χ4v) is 1.72. The quantitative estimate of drug-likeness (QED) is 0.714. The highest BCUT2D eigenvalue weighted by Gasteiger charge is 2.37. The minimum atomic E-state index is -1.12. The molecule has 1 rings (SSSR count). The zero-order valence-corrected chi connectivity index (χ0v) is 10.3. The zero-order chi connectivity index (χ0) is 13.2. The highest BCUT2D eigenvalue weighted by molar-refractivity contribution is 5.80. The summed E-state index contributed by atoms with van der Waals surface area (Å²) in [6.07, 6.45) is -0.885. The van der Waals surface area contributed by atoms with Crippen LogP contribution in [0.25, 0.3) is 0 Å². The lowest BCUT2D eigenvalue weighted by molar-refractivity contribution is -0.146. The van der Waals surface area contributed by atoms with Gasteiger partial charge in [-0.2, -0.15) is 0 Å². The average molecular weight is 245 g/mol. The summed E-state index contributed by atoms with van der Waals surface area (Å²) >= 11 is 0. The van der Waals surface area contributed by atoms with Crippen molar-refractivity contribution in [2.75, 3.05) is 6.54 Å². The Labute approximate surface area is 100 Å². The van der Waals surface area contributed by atoms with Crippen molar-refractivity contribution in [2.45, 2.75) is 51.4 Å². The summed E-state index contributed by atoms with van der Waals surface area (Å²) in [5, 5.41) is 18.4. The van der Waals surface area contributed by atoms with Crippen molar-refractivity contribution in [1.82, 2.24) is 4.90 Å². The molecule has 0 saturated carbocycles. The molecule has 0 aromatic heterocycles. The second-order valence-electron chi connectivity index (χ2n) is 5.21. The lowest BCUT2D eigenvalue weighted by Crippen LogP contribution is -2.52. The van der Waals surface area contributed by atoms with E-state index in [9.17, 15) is 14.7 Å². The van der Waals surface area contributed by atoms with Gasteiger partial charge in [0.2, 0.25) is 0 Å². The lowest BCUT2D eigenvalue weighted by Gasteiger charge is -2.36. The number of likely N-dealkylation sites (tertiary alicyclic amines) is 1. The predicted octanol–water partition coefficient (Wildman–Crippen LogP) is 0.831. The molecule has 6 nitrogen and oxygen atoms in total. The Kier molecular flexibility index (Phi) is 3.98. The van der Waals surface area contributed by atoms with E-state index in [0.29, 0.717) is 6.42 Å². The largest absolute Gasteiger partial charge is 0.480 e. The van der Waals surface area contributed by atoms with E-state index in [1.54, 1.807) is 20.8 Å². The first-order valence-corrected chi connectivity index (χ1v) is 5.61. The van der Waals surface area contributed by atoms with Crippen molar-refractivity contribution in [1.29, 1.82) is 0 Å². The van der Waals surface area contributed by atoms with Gasteiger partial charge in [-0.1, -0.05) is 0 Å². The summed E-state index contributed by atoms with van der Waals surface area (Å²) in [5.41, 5.74) is -0.657. The zero-order valence-electron chi connectivity index (χ0n) is 10.3. The topological polar surface area (TPSA) is 87.1 Å². The van der Waals surface area contributed by atoms with Gasteiger partial charge < -0.3 is 14.9 Å². The van der Waals surface area contributed by atoms with Gasteiger partial charge in [-0.3, -0.25) is 4.90 Å². The molecule has 1 aliphatic rings. The Balaban J connectivity index is 2.73. The molecule has 2 N–H and O–H groups in total. The van der Waals surface area contributed by atoms with Crippen molar-refractivity contribution in [3.63, 3.8) is 0 Å². The number of carboxylic acid groups (broad SMARTS) is 1. The van der Waals surface area contributed by atoms with Crippen LogP contribution < -0.4 is 0 Å². The SMILES string of the molecule is CC(C)(C)OC(=O)N1CCC(O)CC1C(=O)O. The molecule has 1 aliphatic heterocycles. The van der Waals surface area contributed by atoms with E-state index >= 15 is 0 Å². The molecule has 0 spiro atoms. The van der Waals surface area contributed by atoms with Crippen molar-refractivity contribution in [3.05, 3.63) is 0 Å². The minimum absolute atomic E-state index is 0.0502. The van der Waals surface area contributed by atoms with Gasteiger partial charge in [-0.25, -0.2) is 9.59 Å². The molecule has 1 amide bonds. The second-order valence-corrected chi connectivity index (χ2v) is 5.21. The van der Waals surface area contributed by atoms with Gasteiger partial charge in [0.1, 0.15) is 11.6 Å². The molecular weight excluding hydrogens is 226 g/mol. The summed E-state index contributed by atoms with van der Waals surface area (Å²) in [6, 6.07) is -1.01. The van der Waals surface area contributed by atoms with E-state index in [2.05, 4.69) is 0 Å². The maximum absolute atomic E-state index is 11.8. The number of piperidine rings is 1. The Morgan fingerprint density at radius 2 is 1.94 bits per heavy atom. The summed E-state index contributed by atoms with van der Waals surface area (Å²) < 4.78 is 5.13. The van der Waals surface area contributed by atoms with E-state index in [1.807, 2.05) is 0 Å². The monoisotopic (exact) mass is 245 g/mol. The van der Waals surface area contributed by atoms with Crippen LogP contribution in [0, 0.1) is 0 Å². The predicted molar refractivity (Wildman–Crippen MR) is 59.6 cm³/mol. The van der Waals surface area contributed by atoms with Crippen molar-refractivity contribution in [2.24, 2.45) is 0 Å². The van der Waals surface area contributed by atoms with Crippen molar-refractivity contribution in [3.8, 4) is 0 Å². The number of aliphatic hydroxyl groups excluding tert-OH is 1. The number of carboxylic acids is 1. The van der Waals surface area contributed by atoms with Crippen molar-refractivity contribution < 1.29 is 24.5 Å². The average Bonchev–Trinajstić information content (AvgIpc) is 2.14. The van der Waals surface area contributed by atoms with E-state index in [-0.39, 0.29) is 13.0 Å². The number of hydrogen-bond acceptors (Lipinski definition) is 4. The molecule has 17 heavy (non-hydrogen) atoms. The molecule has 6 heteroatoms. The number of carbonyl (C=O) groups is 2. The van der Waals surface area contributed by atoms with E-state index in [1.165, 1.54) is 4.90 Å². The maximum Gasteiger partial charge on any atom is 0.411 e. The molecule has 2 unspecified atom stereocenters. The Morgan fingerprint density at radius 1 is 1.35 bits per heavy atom. The third-order valence-electron chi connectivity index (χ3n) is 2.49. The third-order valence-corrected chi connectivity index (χ3v) is 2.49. The van der Waals surface area contributed by atoms with E-state index in [4.69, 9.17) is 9.84 Å². The summed E-state index contributed by atoms with van der Waals surface area (Å²) in [5.74, 6) is -1.12. The summed E-state index contributed by atoms with van der Waals surface area (Å²) in [6.45, 7) is 5.37. The molecule has 0 aliphatic carbocycles. The van der Waals surface area contributed by atoms with Crippen LogP contribution in [0.2, 0.25) is 0 Å². The first kappa shape index (κ1) is 13.8. The molecule has 1 saturated heterocycles. The highest BCUT2D eigenvalue weighted by atomic mass is 16.6. The van der Waals surface area contributed by atoms with Gasteiger partial charge in [-0.05, 0) is 27.2 Å². The first-order chi connectivity index (χ1) is 7.70. The van der Waals surface area contributed by atoms with E-state index < -0.39 is 29.8 Å². The summed E-state index contributed by atoms with van der Waals surface area (Å²) in [7, 11) is 0. The molecular formula is C11H19NO5. The first-order valence-electron chi connectivity index (χ1n) is 5.61. The van der Waals surface area contributed by atoms with Crippen LogP contribution in [0.4, 0.5) is 4.79 Å². The molecule has 2 atom stereocenters. The van der Waals surface area contributed by atoms with Gasteiger partial charge in [0.05, 0.1) is 6.10 Å². The Bertz CT molecular complexity index is 309. The maximum atomic E-state index is 11.8. The number of carbonyl (C=O) groups excluding carboxylic acids is 1. The number of aliphatic hydroxyl groups is 1. The van der Waals surface area contributed by atoms with Gasteiger partial charge in [-0.15, -0.1) is 0 Å². The van der Waals surface area contributed by atoms with Gasteiger partial charge in [0.25, 0.3) is 0 Å². The standard InChI is InChI=1S/C11H19NO5/c1-11(2,3)17-10(16)12-5-4-7(13)6-8(12)9(14)15/h7-8,13H,4-6H2,1-3H3,(H,14,15). The van der Waals surface area contributed by atoms with Gasteiger partial charge >= 0.3 is 12.1 Å². The van der Waals surface area contributed by atoms with Crippen molar-refractivity contribution >= 4 is 12.1 Å². The van der Waals surface area contributed by atoms with Gasteiger partial charge in [0.15, 0.2) is 0 Å². The molecule has 1 fully saturated rings. The second kappa shape index (κ2) is 4.91. The molecule has 0 aromatic rings. The Morgan fingerprint density at radius 3 is 2.41 bits per heavy atom. The fraction of sp³-hybridized carbons (Fsp3) is 0.818. The van der Waals surface area contributed by atoms with Crippen LogP contribution in [0.5, 0.6) is 0 Å². The molecule has 98 valence electrons. The third kappa shape index (κ3) is 3.89. The molecule has 0 aromatic carbocycles. The van der Waals surface area contributed by atoms with E-state index in [0.717, 1.165) is 0 Å². The number of ether oxygens (including phenoxy) is 1. The lowest BCUT2D eigenvalue weighted by atomic mass is 10.0. The molecule has 0 radical (unpaired) electrons. The summed E-state index contributed by atoms with van der Waals surface area (Å²) in [4.78, 5) is 24.0. The normalized spacial score (nSPS) is 25.5. The number of amides is 1. The highest BCUT2D eigenvalue weighted by Crippen LogP contribution is 2.20. The number of aliphatic carboxylic acids is 1. The number of hydrogen-bond donors (Lipinski definition) is 2. The molecule has 1 heterocycles. The molecule has 0 bridgehead atoms. The number of nitrogens with zero attached hydrogens (tertiary/aromatic N) is 1. The number of rotatable bonds is 1. The smallest absolute Gasteiger partial charge is 0.411 e. The van der Waals surface area contributed by atoms with Crippen LogP contribution in [0.15, 0.2) is 0 Å². The van der Waals surface area contributed by atoms with Crippen LogP contribution in [-0.2, 0) is 9.53 Å². The van der Waals surface area contributed by atoms with Gasteiger partial charge in [0, 0.05) is 13.0 Å². The van der Waals surface area contributed by atoms with Crippen LogP contribution in [0.3, 0.4) is 0 Å². The Hall–Kier alpha value is -1.30. The van der Waals surface area contributed by atoms with Crippen LogP contribution in [-0.4, -0.2) is 51.5 Å².